The van der Waals surface area contributed by atoms with Crippen molar-refractivity contribution < 1.29 is 36.5 Å². The third-order valence-electron chi connectivity index (χ3n) is 17.9. The molecule has 0 aromatic carbocycles. The van der Waals surface area contributed by atoms with Gasteiger partial charge >= 0.3 is 11.9 Å². The second-order valence-corrected chi connectivity index (χ2v) is 26.9. The Morgan fingerprint density at radius 2 is 1.03 bits per heavy atom. The molecule has 4 heterocycles. The van der Waals surface area contributed by atoms with Crippen LogP contribution in [0.5, 0.6) is 0 Å². The molecule has 1 N–H and O–H groups in total. The number of esters is 2. The third-order valence-corrected chi connectivity index (χ3v) is 17.9. The van der Waals surface area contributed by atoms with Crippen LogP contribution in [0.25, 0.3) is 0 Å². The molecule has 7 nitrogen and oxygen atoms in total. The van der Waals surface area contributed by atoms with Crippen LogP contribution in [0.4, 0.5) is 2.86 Å². The number of carbonyl (C=O) groups excluding carboxylic acids is 2. The number of epoxide rings is 2. The smallest absolute Gasteiger partial charge is 0.306 e. The molecule has 0 amide bonds. The summed E-state index contributed by atoms with van der Waals surface area (Å²) in [6.45, 7) is 46.7. The van der Waals surface area contributed by atoms with Crippen LogP contribution in [0.2, 0.25) is 0 Å². The van der Waals surface area contributed by atoms with Crippen molar-refractivity contribution in [2.24, 2.45) is 74.9 Å². The predicted molar refractivity (Wildman–Crippen MR) is 317 cm³/mol. The Labute approximate surface area is 468 Å². The fourth-order valence-electron chi connectivity index (χ4n) is 10.6. The molecule has 4 rings (SSSR count). The standard InChI is InChI=1S/C33H56O3.C32H54O4.FI/c1-12-23(3)27(7)31-28(35-31)21-32(8,9)18-13-14-24(4)30-25(5)15-16-26(6)33(10,11)19-17-22(2)20-29(34)36-30;1-11-22(3)25(6)30-26(35-30)20-31(7,8)17-12-13-23(4)29-24(5)14-15-27(33)32(9,10)18-16-21(2)19-28(34)36-29;1-2/h13-16,18,22-23,25-28,30-31H,12,17,19-21H2,1-11H3;12-15,17,21-22,24-27,29-30,33H,11,16,18-20H2,1-10H3;/b16-15+,18-13+,24-14+;15-14+,17-12+,23-13+;. The molecule has 2 fully saturated rings. The summed E-state index contributed by atoms with van der Waals surface area (Å²) in [6.07, 6.45) is 31.1. The molecule has 0 aliphatic carbocycles. The van der Waals surface area contributed by atoms with Gasteiger partial charge in [-0.15, -0.1) is 0 Å². The van der Waals surface area contributed by atoms with E-state index in [1.165, 1.54) is 12.8 Å². The summed E-state index contributed by atoms with van der Waals surface area (Å²) in [5, 5.41) is 10.8. The van der Waals surface area contributed by atoms with Gasteiger partial charge in [0.05, 0.1) is 30.5 Å². The van der Waals surface area contributed by atoms with Crippen molar-refractivity contribution in [1.82, 2.24) is 0 Å². The minimum absolute atomic E-state index is 0.0190. The molecule has 74 heavy (non-hydrogen) atoms. The molecule has 0 aromatic heterocycles. The van der Waals surface area contributed by atoms with Crippen LogP contribution in [-0.2, 0) is 28.5 Å². The maximum Gasteiger partial charge on any atom is 0.306 e. The van der Waals surface area contributed by atoms with Crippen molar-refractivity contribution in [3.05, 3.63) is 71.9 Å². The normalized spacial score (nSPS) is 34.0. The summed E-state index contributed by atoms with van der Waals surface area (Å²) >= 11 is 0.650. The van der Waals surface area contributed by atoms with E-state index in [0.29, 0.717) is 95.9 Å². The fraction of sp³-hybridized carbons (Fsp3) is 0.785. The van der Waals surface area contributed by atoms with Crippen LogP contribution >= 0.6 is 23.2 Å². The van der Waals surface area contributed by atoms with E-state index >= 15 is 0 Å². The van der Waals surface area contributed by atoms with Crippen LogP contribution in [-0.4, -0.2) is 59.8 Å². The van der Waals surface area contributed by atoms with Gasteiger partial charge in [0.1, 0.15) is 12.2 Å². The van der Waals surface area contributed by atoms with E-state index in [1.807, 2.05) is 19.1 Å². The lowest BCUT2D eigenvalue weighted by atomic mass is 9.74. The third kappa shape index (κ3) is 23.1. The number of aliphatic hydroxyl groups excluding tert-OH is 1. The highest BCUT2D eigenvalue weighted by Gasteiger charge is 2.47. The molecular weight excluding hydrogens is 1040 g/mol. The summed E-state index contributed by atoms with van der Waals surface area (Å²) in [7, 11) is 0. The largest absolute Gasteiger partial charge is 0.457 e. The molecule has 0 spiro atoms. The number of hydrogen-bond donors (Lipinski definition) is 1. The van der Waals surface area contributed by atoms with Gasteiger partial charge in [-0.2, -0.15) is 2.86 Å². The zero-order chi connectivity index (χ0) is 56.5. The highest BCUT2D eigenvalue weighted by molar-refractivity contribution is 14.1. The Morgan fingerprint density at radius 1 is 0.662 bits per heavy atom. The topological polar surface area (TPSA) is 97.9 Å². The van der Waals surface area contributed by atoms with Crippen LogP contribution in [0.15, 0.2) is 71.9 Å². The minimum Gasteiger partial charge on any atom is -0.457 e. The highest BCUT2D eigenvalue weighted by atomic mass is 127. The molecule has 2 saturated heterocycles. The van der Waals surface area contributed by atoms with Crippen molar-refractivity contribution in [1.29, 1.82) is 0 Å². The maximum absolute atomic E-state index is 12.8. The van der Waals surface area contributed by atoms with Gasteiger partial charge in [0.2, 0.25) is 0 Å². The molecule has 0 radical (unpaired) electrons. The predicted octanol–water partition coefficient (Wildman–Crippen LogP) is 17.9. The van der Waals surface area contributed by atoms with E-state index < -0.39 is 6.10 Å². The van der Waals surface area contributed by atoms with Gasteiger partial charge in [0.15, 0.2) is 23.2 Å². The average Bonchev–Trinajstić information content (AvgIpc) is 4.27. The summed E-state index contributed by atoms with van der Waals surface area (Å²) in [6, 6.07) is 0. The lowest BCUT2D eigenvalue weighted by Crippen LogP contribution is -2.31. The van der Waals surface area contributed by atoms with Gasteiger partial charge in [-0.05, 0) is 127 Å². The highest BCUT2D eigenvalue weighted by Crippen LogP contribution is 2.43. The van der Waals surface area contributed by atoms with Crippen molar-refractivity contribution in [3.8, 4) is 0 Å². The van der Waals surface area contributed by atoms with Crippen LogP contribution in [0.3, 0.4) is 0 Å². The van der Waals surface area contributed by atoms with Crippen molar-refractivity contribution in [3.63, 3.8) is 0 Å². The number of rotatable bonds is 16. The minimum atomic E-state index is -0.524. The Balaban J connectivity index is 0.000000490. The van der Waals surface area contributed by atoms with E-state index in [1.54, 1.807) is 0 Å². The number of aliphatic hydroxyl groups is 1. The molecule has 0 saturated carbocycles. The number of halogens is 2. The Hall–Kier alpha value is -2.08. The van der Waals surface area contributed by atoms with Crippen molar-refractivity contribution >= 4 is 35.1 Å². The van der Waals surface area contributed by atoms with Gasteiger partial charge in [-0.3, -0.25) is 9.59 Å². The number of cyclic esters (lactones) is 2. The molecule has 4 aliphatic rings. The van der Waals surface area contributed by atoms with E-state index in [0.717, 1.165) is 49.7 Å². The second kappa shape index (κ2) is 30.9. The molecule has 0 aromatic rings. The Morgan fingerprint density at radius 3 is 1.41 bits per heavy atom. The molecule has 16 unspecified atom stereocenters. The summed E-state index contributed by atoms with van der Waals surface area (Å²) in [4.78, 5) is 25.6. The van der Waals surface area contributed by atoms with Gasteiger partial charge in [-0.1, -0.05) is 205 Å². The molecular formula is C65H110FIO7. The molecule has 9 heteroatoms. The van der Waals surface area contributed by atoms with Crippen LogP contribution in [0, 0.1) is 74.9 Å². The first-order valence-corrected chi connectivity index (χ1v) is 29.8. The summed E-state index contributed by atoms with van der Waals surface area (Å²) in [5.41, 5.74) is 2.17. The van der Waals surface area contributed by atoms with E-state index in [2.05, 4.69) is 187 Å². The number of hydrogen-bond acceptors (Lipinski definition) is 7. The van der Waals surface area contributed by atoms with Gasteiger partial charge in [0.25, 0.3) is 0 Å². The monoisotopic (exact) mass is 1150 g/mol. The van der Waals surface area contributed by atoms with Crippen molar-refractivity contribution in [2.75, 3.05) is 0 Å². The maximum atomic E-state index is 12.8. The van der Waals surface area contributed by atoms with E-state index in [-0.39, 0.29) is 63.6 Å². The lowest BCUT2D eigenvalue weighted by Gasteiger charge is -2.32. The lowest BCUT2D eigenvalue weighted by molar-refractivity contribution is -0.150. The first-order chi connectivity index (χ1) is 34.3. The molecule has 16 atom stereocenters. The van der Waals surface area contributed by atoms with E-state index in [4.69, 9.17) is 18.9 Å². The second-order valence-electron chi connectivity index (χ2n) is 26.9. The first-order valence-electron chi connectivity index (χ1n) is 28.9. The number of carbonyl (C=O) groups is 2. The van der Waals surface area contributed by atoms with Gasteiger partial charge in [-0.25, -0.2) is 0 Å². The number of ether oxygens (including phenoxy) is 4. The van der Waals surface area contributed by atoms with E-state index in [9.17, 15) is 17.6 Å². The first kappa shape index (κ1) is 68.0. The fourth-order valence-corrected chi connectivity index (χ4v) is 10.6. The molecule has 4 aliphatic heterocycles. The Kier molecular flexibility index (Phi) is 28.4. The summed E-state index contributed by atoms with van der Waals surface area (Å²) in [5.74, 6) is 3.51. The summed E-state index contributed by atoms with van der Waals surface area (Å²) < 4.78 is 33.7. The Bertz CT molecular complexity index is 1760. The van der Waals surface area contributed by atoms with Crippen LogP contribution in [0.1, 0.15) is 210 Å². The number of allylic oxidation sites excluding steroid dienone is 7. The van der Waals surface area contributed by atoms with Crippen LogP contribution < -0.4 is 0 Å². The molecule has 0 bridgehead atoms. The zero-order valence-electron chi connectivity index (χ0n) is 50.7. The average molecular weight is 1150 g/mol. The molecule has 426 valence electrons. The quantitative estimate of drug-likeness (QED) is 0.0540. The van der Waals surface area contributed by atoms with Gasteiger partial charge in [0, 0.05) is 24.7 Å². The van der Waals surface area contributed by atoms with Crippen molar-refractivity contribution in [2.45, 2.75) is 252 Å². The zero-order valence-corrected chi connectivity index (χ0v) is 52.9. The van der Waals surface area contributed by atoms with Gasteiger partial charge < -0.3 is 24.1 Å². The SMILES string of the molecule is CCC(C)C(C)C1OC1CC(C)(C)/C=C/C=C(\C)C1OC(=O)CC(C)CCC(C)(C)C(C)/C=C/C1C.CCC(C)C(C)C1OC1CC(C)(C)/C=C/C=C(\C)C1OC(=O)CC(C)CCC(C)(C)C(O)/C=C/C1C.FI.